The monoisotopic (exact) mass is 289 g/mol. The van der Waals surface area contributed by atoms with E-state index in [2.05, 4.69) is 15.3 Å². The molecule has 1 aromatic carbocycles. The minimum Gasteiger partial charge on any atom is -0.321 e. The van der Waals surface area contributed by atoms with Crippen LogP contribution in [0.1, 0.15) is 16.2 Å². The Morgan fingerprint density at radius 2 is 1.77 bits per heavy atom. The highest BCUT2D eigenvalue weighted by Crippen LogP contribution is 2.18. The summed E-state index contributed by atoms with van der Waals surface area (Å²) >= 11 is 0. The molecule has 0 aliphatic rings. The van der Waals surface area contributed by atoms with Gasteiger partial charge in [0.05, 0.1) is 0 Å². The molecule has 0 unspecified atom stereocenters. The first kappa shape index (κ1) is 13.9. The van der Waals surface area contributed by atoms with Gasteiger partial charge in [-0.3, -0.25) is 14.8 Å². The van der Waals surface area contributed by atoms with Gasteiger partial charge in [0, 0.05) is 29.3 Å². The van der Waals surface area contributed by atoms with Crippen molar-refractivity contribution in [2.45, 2.75) is 6.92 Å². The molecule has 0 saturated carbocycles. The Balaban J connectivity index is 1.76. The van der Waals surface area contributed by atoms with Crippen LogP contribution in [-0.4, -0.2) is 15.9 Å². The lowest BCUT2D eigenvalue weighted by Crippen LogP contribution is -2.13. The Morgan fingerprint density at radius 3 is 2.45 bits per heavy atom. The second-order valence-electron chi connectivity index (χ2n) is 4.94. The molecule has 0 saturated heterocycles. The van der Waals surface area contributed by atoms with Crippen molar-refractivity contribution >= 4 is 11.6 Å². The third-order valence-corrected chi connectivity index (χ3v) is 3.26. The molecule has 2 heterocycles. The van der Waals surface area contributed by atoms with Crippen molar-refractivity contribution in [2.24, 2.45) is 0 Å². The largest absolute Gasteiger partial charge is 0.321 e. The average Bonchev–Trinajstić information content (AvgIpc) is 2.56. The van der Waals surface area contributed by atoms with E-state index >= 15 is 0 Å². The van der Waals surface area contributed by atoms with E-state index < -0.39 is 0 Å². The molecule has 0 aliphatic heterocycles. The van der Waals surface area contributed by atoms with Crippen LogP contribution in [0.15, 0.2) is 67.0 Å². The van der Waals surface area contributed by atoms with E-state index in [0.29, 0.717) is 11.4 Å². The highest BCUT2D eigenvalue weighted by atomic mass is 16.1. The molecule has 0 atom stereocenters. The third-order valence-electron chi connectivity index (χ3n) is 3.26. The summed E-state index contributed by atoms with van der Waals surface area (Å²) in [5.41, 5.74) is 4.01. The Labute approximate surface area is 128 Å². The molecule has 108 valence electrons. The highest BCUT2D eigenvalue weighted by molar-refractivity contribution is 6.03. The summed E-state index contributed by atoms with van der Waals surface area (Å²) in [7, 11) is 0. The van der Waals surface area contributed by atoms with Gasteiger partial charge in [-0.15, -0.1) is 0 Å². The lowest BCUT2D eigenvalue weighted by Gasteiger charge is -2.06. The van der Waals surface area contributed by atoms with Gasteiger partial charge in [-0.05, 0) is 30.7 Å². The van der Waals surface area contributed by atoms with Crippen LogP contribution < -0.4 is 5.32 Å². The molecule has 4 heteroatoms. The number of anilines is 1. The Kier molecular flexibility index (Phi) is 3.92. The van der Waals surface area contributed by atoms with Crippen molar-refractivity contribution in [3.63, 3.8) is 0 Å². The van der Waals surface area contributed by atoms with Crippen molar-refractivity contribution in [3.05, 3.63) is 78.4 Å². The number of carbonyl (C=O) groups excluding carboxylic acids is 1. The fraction of sp³-hybridized carbons (Fsp3) is 0.0556. The number of pyridine rings is 2. The molecule has 0 radical (unpaired) electrons. The van der Waals surface area contributed by atoms with E-state index in [9.17, 15) is 4.79 Å². The molecule has 0 fully saturated rings. The van der Waals surface area contributed by atoms with Crippen LogP contribution in [0.2, 0.25) is 0 Å². The van der Waals surface area contributed by atoms with E-state index in [1.807, 2.05) is 49.4 Å². The quantitative estimate of drug-likeness (QED) is 0.799. The summed E-state index contributed by atoms with van der Waals surface area (Å²) in [6.45, 7) is 1.88. The van der Waals surface area contributed by atoms with Gasteiger partial charge in [-0.25, -0.2) is 0 Å². The van der Waals surface area contributed by atoms with Gasteiger partial charge in [0.1, 0.15) is 5.69 Å². The van der Waals surface area contributed by atoms with E-state index in [-0.39, 0.29) is 5.91 Å². The molecular weight excluding hydrogens is 274 g/mol. The number of amides is 1. The van der Waals surface area contributed by atoms with Crippen LogP contribution in [0, 0.1) is 6.92 Å². The predicted octanol–water partition coefficient (Wildman–Crippen LogP) is 3.70. The van der Waals surface area contributed by atoms with Crippen LogP contribution in [0.25, 0.3) is 11.1 Å². The number of nitrogens with zero attached hydrogens (tertiary/aromatic N) is 2. The SMILES string of the molecule is Cc1cc(NC(=O)c2ccc(-c3ccccc3)cn2)ccn1. The van der Waals surface area contributed by atoms with Gasteiger partial charge in [0.15, 0.2) is 0 Å². The van der Waals surface area contributed by atoms with Crippen molar-refractivity contribution in [1.29, 1.82) is 0 Å². The van der Waals surface area contributed by atoms with Crippen LogP contribution in [-0.2, 0) is 0 Å². The number of nitrogens with one attached hydrogen (secondary N) is 1. The second kappa shape index (κ2) is 6.18. The topological polar surface area (TPSA) is 54.9 Å². The van der Waals surface area contributed by atoms with Gasteiger partial charge in [-0.1, -0.05) is 36.4 Å². The summed E-state index contributed by atoms with van der Waals surface area (Å²) in [6.07, 6.45) is 3.37. The highest BCUT2D eigenvalue weighted by Gasteiger charge is 2.08. The van der Waals surface area contributed by atoms with Gasteiger partial charge in [0.2, 0.25) is 0 Å². The number of aromatic nitrogens is 2. The lowest BCUT2D eigenvalue weighted by molar-refractivity contribution is 0.102. The second-order valence-corrected chi connectivity index (χ2v) is 4.94. The van der Waals surface area contributed by atoms with Crippen LogP contribution in [0.4, 0.5) is 5.69 Å². The predicted molar refractivity (Wildman–Crippen MR) is 86.6 cm³/mol. The summed E-state index contributed by atoms with van der Waals surface area (Å²) in [6, 6.07) is 17.1. The zero-order chi connectivity index (χ0) is 15.4. The summed E-state index contributed by atoms with van der Waals surface area (Å²) in [5, 5.41) is 2.82. The molecular formula is C18H15N3O. The number of hydrogen-bond donors (Lipinski definition) is 1. The lowest BCUT2D eigenvalue weighted by atomic mass is 10.1. The maximum absolute atomic E-state index is 12.2. The summed E-state index contributed by atoms with van der Waals surface area (Å²) < 4.78 is 0. The van der Waals surface area contributed by atoms with E-state index in [1.165, 1.54) is 0 Å². The third kappa shape index (κ3) is 3.17. The number of carbonyl (C=O) groups is 1. The van der Waals surface area contributed by atoms with Crippen LogP contribution in [0.5, 0.6) is 0 Å². The molecule has 3 aromatic rings. The van der Waals surface area contributed by atoms with Crippen LogP contribution in [0.3, 0.4) is 0 Å². The average molecular weight is 289 g/mol. The van der Waals surface area contributed by atoms with E-state index in [4.69, 9.17) is 0 Å². The summed E-state index contributed by atoms with van der Waals surface area (Å²) in [4.78, 5) is 20.5. The fourth-order valence-electron chi connectivity index (χ4n) is 2.15. The molecule has 0 aliphatic carbocycles. The zero-order valence-electron chi connectivity index (χ0n) is 12.2. The smallest absolute Gasteiger partial charge is 0.274 e. The maximum Gasteiger partial charge on any atom is 0.274 e. The van der Waals surface area contributed by atoms with Gasteiger partial charge >= 0.3 is 0 Å². The normalized spacial score (nSPS) is 10.2. The molecule has 0 bridgehead atoms. The first-order chi connectivity index (χ1) is 10.7. The minimum atomic E-state index is -0.231. The minimum absolute atomic E-state index is 0.231. The van der Waals surface area contributed by atoms with E-state index in [1.54, 1.807) is 24.5 Å². The zero-order valence-corrected chi connectivity index (χ0v) is 12.2. The van der Waals surface area contributed by atoms with Crippen molar-refractivity contribution in [2.75, 3.05) is 5.32 Å². The molecule has 22 heavy (non-hydrogen) atoms. The van der Waals surface area contributed by atoms with Crippen molar-refractivity contribution in [1.82, 2.24) is 9.97 Å². The van der Waals surface area contributed by atoms with Crippen molar-refractivity contribution < 1.29 is 4.79 Å². The Morgan fingerprint density at radius 1 is 0.955 bits per heavy atom. The number of aryl methyl sites for hydroxylation is 1. The van der Waals surface area contributed by atoms with Crippen molar-refractivity contribution in [3.8, 4) is 11.1 Å². The Bertz CT molecular complexity index is 783. The molecule has 3 rings (SSSR count). The van der Waals surface area contributed by atoms with Gasteiger partial charge < -0.3 is 5.32 Å². The first-order valence-corrected chi connectivity index (χ1v) is 6.98. The van der Waals surface area contributed by atoms with Gasteiger partial charge in [-0.2, -0.15) is 0 Å². The Hall–Kier alpha value is -3.01. The number of rotatable bonds is 3. The summed E-state index contributed by atoms with van der Waals surface area (Å²) in [5.74, 6) is -0.231. The van der Waals surface area contributed by atoms with Gasteiger partial charge in [0.25, 0.3) is 5.91 Å². The fourth-order valence-corrected chi connectivity index (χ4v) is 2.15. The van der Waals surface area contributed by atoms with E-state index in [0.717, 1.165) is 16.8 Å². The number of benzene rings is 1. The molecule has 0 spiro atoms. The molecule has 1 N–H and O–H groups in total. The maximum atomic E-state index is 12.2. The molecule has 1 amide bonds. The standard InChI is InChI=1S/C18H15N3O/c1-13-11-16(9-10-19-13)21-18(22)17-8-7-15(12-20-17)14-5-3-2-4-6-14/h2-12H,1H3,(H,19,21,22). The molecule has 2 aromatic heterocycles. The molecule has 4 nitrogen and oxygen atoms in total. The van der Waals surface area contributed by atoms with Crippen LogP contribution >= 0.6 is 0 Å². The number of hydrogen-bond acceptors (Lipinski definition) is 3. The first-order valence-electron chi connectivity index (χ1n) is 6.98.